The number of carbonyl (C=O) groups is 1. The summed E-state index contributed by atoms with van der Waals surface area (Å²) in [5, 5.41) is 6.44. The van der Waals surface area contributed by atoms with Gasteiger partial charge in [0, 0.05) is 12.4 Å². The van der Waals surface area contributed by atoms with E-state index in [2.05, 4.69) is 15.3 Å². The van der Waals surface area contributed by atoms with Crippen LogP contribution in [0.5, 0.6) is 0 Å². The summed E-state index contributed by atoms with van der Waals surface area (Å²) >= 11 is 3.01. The van der Waals surface area contributed by atoms with Crippen molar-refractivity contribution < 1.29 is 4.79 Å². The molecule has 0 saturated carbocycles. The van der Waals surface area contributed by atoms with Crippen LogP contribution in [-0.4, -0.2) is 28.7 Å². The van der Waals surface area contributed by atoms with Crippen LogP contribution in [0.1, 0.15) is 0 Å². The number of nitrogens with zero attached hydrogens (tertiary/aromatic N) is 2. The molecule has 78 valence electrons. The first-order valence-electron chi connectivity index (χ1n) is 4.33. The third-order valence-corrected chi connectivity index (χ3v) is 3.67. The summed E-state index contributed by atoms with van der Waals surface area (Å²) in [6, 6.07) is 1.98. The van der Waals surface area contributed by atoms with Gasteiger partial charge in [-0.05, 0) is 11.4 Å². The number of aromatic nitrogens is 2. The van der Waals surface area contributed by atoms with Gasteiger partial charge in [-0.3, -0.25) is 4.79 Å². The Morgan fingerprint density at radius 1 is 1.60 bits per heavy atom. The molecule has 0 aliphatic carbocycles. The molecule has 6 heteroatoms. The third kappa shape index (κ3) is 2.27. The summed E-state index contributed by atoms with van der Waals surface area (Å²) in [6.45, 7) is 0. The number of hydrogen-bond acceptors (Lipinski definition) is 5. The molecule has 2 rings (SSSR count). The minimum atomic E-state index is 0.00184. The number of rotatable bonds is 3. The van der Waals surface area contributed by atoms with Crippen molar-refractivity contribution in [2.45, 2.75) is 5.03 Å². The number of fused-ring (bicyclic) bond motifs is 1. The van der Waals surface area contributed by atoms with Crippen LogP contribution >= 0.6 is 23.1 Å². The fourth-order valence-corrected chi connectivity index (χ4v) is 2.74. The van der Waals surface area contributed by atoms with Crippen molar-refractivity contribution >= 4 is 39.2 Å². The normalized spacial score (nSPS) is 10.5. The van der Waals surface area contributed by atoms with E-state index >= 15 is 0 Å². The lowest BCUT2D eigenvalue weighted by Gasteiger charge is -2.00. The highest BCUT2D eigenvalue weighted by Gasteiger charge is 2.07. The molecule has 4 nitrogen and oxygen atoms in total. The van der Waals surface area contributed by atoms with Crippen molar-refractivity contribution in [1.82, 2.24) is 15.3 Å². The maximum absolute atomic E-state index is 11.1. The highest BCUT2D eigenvalue weighted by Crippen LogP contribution is 2.27. The average Bonchev–Trinajstić information content (AvgIpc) is 2.74. The highest BCUT2D eigenvalue weighted by atomic mass is 32.2. The van der Waals surface area contributed by atoms with Crippen LogP contribution in [0.3, 0.4) is 0 Å². The van der Waals surface area contributed by atoms with Gasteiger partial charge >= 0.3 is 0 Å². The fraction of sp³-hybridized carbons (Fsp3) is 0.222. The van der Waals surface area contributed by atoms with E-state index in [0.717, 1.165) is 15.2 Å². The second kappa shape index (κ2) is 4.59. The molecule has 2 heterocycles. The van der Waals surface area contributed by atoms with Gasteiger partial charge < -0.3 is 5.32 Å². The average molecular weight is 239 g/mol. The summed E-state index contributed by atoms with van der Waals surface area (Å²) in [5.41, 5.74) is 0. The Morgan fingerprint density at radius 2 is 2.47 bits per heavy atom. The van der Waals surface area contributed by atoms with E-state index in [4.69, 9.17) is 0 Å². The molecule has 2 aromatic heterocycles. The molecule has 1 amide bonds. The molecule has 0 aromatic carbocycles. The molecule has 0 aliphatic heterocycles. The van der Waals surface area contributed by atoms with Crippen LogP contribution in [0.25, 0.3) is 10.2 Å². The Kier molecular flexibility index (Phi) is 3.17. The van der Waals surface area contributed by atoms with Gasteiger partial charge in [0.1, 0.15) is 16.2 Å². The zero-order valence-corrected chi connectivity index (χ0v) is 9.69. The summed E-state index contributed by atoms with van der Waals surface area (Å²) in [7, 11) is 1.63. The number of thioether (sulfide) groups is 1. The van der Waals surface area contributed by atoms with Crippen LogP contribution in [0.2, 0.25) is 0 Å². The minimum absolute atomic E-state index is 0.00184. The molecular formula is C9H9N3OS2. The van der Waals surface area contributed by atoms with Crippen molar-refractivity contribution in [3.8, 4) is 0 Å². The Labute approximate surface area is 95.1 Å². The van der Waals surface area contributed by atoms with Crippen molar-refractivity contribution in [3.63, 3.8) is 0 Å². The second-order valence-corrected chi connectivity index (χ2v) is 4.64. The van der Waals surface area contributed by atoms with Crippen LogP contribution in [0.4, 0.5) is 0 Å². The van der Waals surface area contributed by atoms with Crippen molar-refractivity contribution in [3.05, 3.63) is 17.8 Å². The monoisotopic (exact) mass is 239 g/mol. The lowest BCUT2D eigenvalue weighted by atomic mass is 10.4. The number of carbonyl (C=O) groups excluding carboxylic acids is 1. The molecule has 0 fully saturated rings. The van der Waals surface area contributed by atoms with Gasteiger partial charge in [-0.25, -0.2) is 9.97 Å². The maximum atomic E-state index is 11.1. The molecule has 2 aromatic rings. The Hall–Kier alpha value is -1.14. The first kappa shape index (κ1) is 10.4. The van der Waals surface area contributed by atoms with Crippen LogP contribution in [0, 0.1) is 0 Å². The van der Waals surface area contributed by atoms with Crippen molar-refractivity contribution in [1.29, 1.82) is 0 Å². The topological polar surface area (TPSA) is 54.9 Å². The van der Waals surface area contributed by atoms with Gasteiger partial charge in [-0.15, -0.1) is 11.3 Å². The largest absolute Gasteiger partial charge is 0.358 e. The first-order valence-corrected chi connectivity index (χ1v) is 6.19. The highest BCUT2D eigenvalue weighted by molar-refractivity contribution is 8.00. The molecular weight excluding hydrogens is 230 g/mol. The number of hydrogen-bond donors (Lipinski definition) is 1. The van der Waals surface area contributed by atoms with Gasteiger partial charge in [-0.2, -0.15) is 0 Å². The summed E-state index contributed by atoms with van der Waals surface area (Å²) in [5.74, 6) is 0.389. The number of thiophene rings is 1. The van der Waals surface area contributed by atoms with Gasteiger partial charge in [-0.1, -0.05) is 11.8 Å². The second-order valence-electron chi connectivity index (χ2n) is 2.78. The molecule has 15 heavy (non-hydrogen) atoms. The zero-order chi connectivity index (χ0) is 10.7. The zero-order valence-electron chi connectivity index (χ0n) is 8.06. The Balaban J connectivity index is 2.20. The van der Waals surface area contributed by atoms with Crippen LogP contribution < -0.4 is 5.32 Å². The summed E-state index contributed by atoms with van der Waals surface area (Å²) in [4.78, 5) is 20.4. The molecule has 0 spiro atoms. The smallest absolute Gasteiger partial charge is 0.230 e. The van der Waals surface area contributed by atoms with E-state index in [-0.39, 0.29) is 5.91 Å². The van der Waals surface area contributed by atoms with Gasteiger partial charge in [0.25, 0.3) is 0 Å². The van der Waals surface area contributed by atoms with Crippen LogP contribution in [0.15, 0.2) is 22.8 Å². The molecule has 0 saturated heterocycles. The number of amides is 1. The number of nitrogens with one attached hydrogen (secondary N) is 1. The van der Waals surface area contributed by atoms with E-state index in [1.807, 2.05) is 11.4 Å². The van der Waals surface area contributed by atoms with Crippen molar-refractivity contribution in [2.75, 3.05) is 12.8 Å². The third-order valence-electron chi connectivity index (χ3n) is 1.84. The Morgan fingerprint density at radius 3 is 3.27 bits per heavy atom. The molecule has 0 atom stereocenters. The van der Waals surface area contributed by atoms with Gasteiger partial charge in [0.05, 0.1) is 5.75 Å². The standard InChI is InChI=1S/C9H9N3OS2/c1-10-7(13)4-15-9-6-2-3-14-8(6)11-5-12-9/h2-3,5H,4H2,1H3,(H,10,13). The quantitative estimate of drug-likeness (QED) is 0.652. The molecule has 0 radical (unpaired) electrons. The summed E-state index contributed by atoms with van der Waals surface area (Å²) < 4.78 is 0. The van der Waals surface area contributed by atoms with Crippen molar-refractivity contribution in [2.24, 2.45) is 0 Å². The minimum Gasteiger partial charge on any atom is -0.358 e. The molecule has 0 bridgehead atoms. The van der Waals surface area contributed by atoms with Crippen LogP contribution in [-0.2, 0) is 4.79 Å². The van der Waals surface area contributed by atoms with E-state index in [0.29, 0.717) is 5.75 Å². The lowest BCUT2D eigenvalue weighted by Crippen LogP contribution is -2.19. The van der Waals surface area contributed by atoms with E-state index in [9.17, 15) is 4.79 Å². The van der Waals surface area contributed by atoms with E-state index in [1.54, 1.807) is 18.4 Å². The predicted octanol–water partition coefficient (Wildman–Crippen LogP) is 1.53. The summed E-state index contributed by atoms with van der Waals surface area (Å²) in [6.07, 6.45) is 1.53. The van der Waals surface area contributed by atoms with E-state index in [1.165, 1.54) is 18.1 Å². The van der Waals surface area contributed by atoms with Gasteiger partial charge in [0.15, 0.2) is 0 Å². The lowest BCUT2D eigenvalue weighted by molar-refractivity contribution is -0.118. The Bertz CT molecular complexity index is 483. The predicted molar refractivity (Wildman–Crippen MR) is 62.2 cm³/mol. The molecule has 0 aliphatic rings. The fourth-order valence-electron chi connectivity index (χ4n) is 1.09. The SMILES string of the molecule is CNC(=O)CSc1ncnc2sccc12. The maximum Gasteiger partial charge on any atom is 0.230 e. The van der Waals surface area contributed by atoms with E-state index < -0.39 is 0 Å². The molecule has 0 unspecified atom stereocenters. The molecule has 1 N–H and O–H groups in total. The first-order chi connectivity index (χ1) is 7.31. The van der Waals surface area contributed by atoms with Gasteiger partial charge in [0.2, 0.25) is 5.91 Å².